The molecule has 10 rings (SSSR count). The number of fused-ring (bicyclic) bond motifs is 5. The lowest BCUT2D eigenvalue weighted by atomic mass is 10.0. The zero-order chi connectivity index (χ0) is 35.1. The third-order valence-electron chi connectivity index (χ3n) is 10.3. The van der Waals surface area contributed by atoms with Crippen molar-refractivity contribution in [2.45, 2.75) is 0 Å². The average Bonchev–Trinajstić information content (AvgIpc) is 3.82. The molecular formula is C50H35N3. The smallest absolute Gasteiger partial charge is 0.0788 e. The maximum atomic E-state index is 2.43. The van der Waals surface area contributed by atoms with Gasteiger partial charge < -0.3 is 14.0 Å². The number of anilines is 3. The van der Waals surface area contributed by atoms with Crippen molar-refractivity contribution in [1.82, 2.24) is 9.13 Å². The molecule has 0 aliphatic carbocycles. The number of benzene rings is 8. The highest BCUT2D eigenvalue weighted by atomic mass is 15.1. The van der Waals surface area contributed by atoms with Crippen molar-refractivity contribution >= 4 is 49.8 Å². The van der Waals surface area contributed by atoms with Crippen molar-refractivity contribution < 1.29 is 0 Å². The topological polar surface area (TPSA) is 13.1 Å². The number of aromatic nitrogens is 2. The van der Waals surface area contributed by atoms with E-state index in [9.17, 15) is 0 Å². The van der Waals surface area contributed by atoms with E-state index >= 15 is 0 Å². The van der Waals surface area contributed by atoms with Gasteiger partial charge in [0.25, 0.3) is 0 Å². The second kappa shape index (κ2) is 12.9. The fourth-order valence-electron chi connectivity index (χ4n) is 7.81. The van der Waals surface area contributed by atoms with E-state index in [0.29, 0.717) is 0 Å². The van der Waals surface area contributed by atoms with Crippen LogP contribution in [0.2, 0.25) is 0 Å². The Balaban J connectivity index is 1.19. The van der Waals surface area contributed by atoms with Crippen LogP contribution in [0.5, 0.6) is 0 Å². The lowest BCUT2D eigenvalue weighted by Crippen LogP contribution is -2.10. The molecule has 0 spiro atoms. The van der Waals surface area contributed by atoms with Gasteiger partial charge in [-0.3, -0.25) is 0 Å². The molecule has 3 nitrogen and oxygen atoms in total. The summed E-state index contributed by atoms with van der Waals surface area (Å²) in [5.41, 5.74) is 13.9. The molecule has 0 atom stereocenters. The van der Waals surface area contributed by atoms with E-state index in [1.54, 1.807) is 0 Å². The molecule has 53 heavy (non-hydrogen) atoms. The molecule has 2 heterocycles. The minimum Gasteiger partial charge on any atom is -0.315 e. The molecule has 10 aromatic rings. The maximum Gasteiger partial charge on any atom is 0.0788 e. The Morgan fingerprint density at radius 3 is 1.40 bits per heavy atom. The molecule has 8 aromatic carbocycles. The van der Waals surface area contributed by atoms with Crippen molar-refractivity contribution in [3.05, 3.63) is 212 Å². The highest BCUT2D eigenvalue weighted by Crippen LogP contribution is 2.42. The minimum absolute atomic E-state index is 1.10. The first-order chi connectivity index (χ1) is 26.3. The Morgan fingerprint density at radius 1 is 0.340 bits per heavy atom. The Kier molecular flexibility index (Phi) is 7.47. The van der Waals surface area contributed by atoms with Crippen LogP contribution in [0.15, 0.2) is 212 Å². The molecular weight excluding hydrogens is 643 g/mol. The Morgan fingerprint density at radius 2 is 0.830 bits per heavy atom. The highest BCUT2D eigenvalue weighted by molar-refractivity contribution is 6.19. The Labute approximate surface area is 308 Å². The molecule has 0 aliphatic rings. The molecule has 0 N–H and O–H groups in total. The predicted octanol–water partition coefficient (Wildman–Crippen LogP) is 13.5. The molecule has 0 radical (unpaired) electrons. The maximum absolute atomic E-state index is 2.43. The van der Waals surface area contributed by atoms with Crippen molar-refractivity contribution in [3.8, 4) is 33.6 Å². The summed E-state index contributed by atoms with van der Waals surface area (Å²) in [4.78, 5) is 2.37. The molecule has 0 saturated heterocycles. The molecule has 3 heteroatoms. The number of para-hydroxylation sites is 2. The molecule has 250 valence electrons. The summed E-state index contributed by atoms with van der Waals surface area (Å²) in [5.74, 6) is 0. The van der Waals surface area contributed by atoms with Crippen molar-refractivity contribution in [1.29, 1.82) is 0 Å². The van der Waals surface area contributed by atoms with Crippen LogP contribution in [0.25, 0.3) is 66.3 Å². The summed E-state index contributed by atoms with van der Waals surface area (Å²) in [7, 11) is 0. The fourth-order valence-corrected chi connectivity index (χ4v) is 7.81. The fraction of sp³-hybridized carbons (Fsp3) is 0. The van der Waals surface area contributed by atoms with E-state index in [2.05, 4.69) is 226 Å². The third-order valence-corrected chi connectivity index (χ3v) is 10.3. The molecule has 0 unspecified atom stereocenters. The minimum atomic E-state index is 1.10. The normalized spacial score (nSPS) is 11.4. The molecule has 0 amide bonds. The van der Waals surface area contributed by atoms with Gasteiger partial charge in [-0.2, -0.15) is 0 Å². The van der Waals surface area contributed by atoms with Gasteiger partial charge in [-0.15, -0.1) is 0 Å². The van der Waals surface area contributed by atoms with Gasteiger partial charge in [0.2, 0.25) is 0 Å². The summed E-state index contributed by atoms with van der Waals surface area (Å²) in [5, 5.41) is 3.63. The first kappa shape index (κ1) is 30.7. The van der Waals surface area contributed by atoms with Gasteiger partial charge in [0.15, 0.2) is 0 Å². The zero-order valence-corrected chi connectivity index (χ0v) is 29.0. The van der Waals surface area contributed by atoms with Gasteiger partial charge in [-0.25, -0.2) is 0 Å². The number of nitrogens with zero attached hydrogens (tertiary/aromatic N) is 3. The van der Waals surface area contributed by atoms with Crippen LogP contribution in [0.4, 0.5) is 17.1 Å². The standard InChI is InChI=1S/C50H35N3/c1-5-13-36(14-6-1)38-21-26-43(27-22-38)52(44-28-23-39(24-29-44)37-15-7-2-8-16-37)45-30-32-48-47(35-45)46-31-25-40-33-34-51(41-17-9-3-10-18-41)49(40)50(46)53(48)42-19-11-4-12-20-42/h1-35H. The number of hydrogen-bond donors (Lipinski definition) is 0. The third kappa shape index (κ3) is 5.38. The molecule has 2 aromatic heterocycles. The summed E-state index contributed by atoms with van der Waals surface area (Å²) >= 11 is 0. The van der Waals surface area contributed by atoms with Crippen LogP contribution in [0, 0.1) is 0 Å². The van der Waals surface area contributed by atoms with Crippen molar-refractivity contribution in [3.63, 3.8) is 0 Å². The quantitative estimate of drug-likeness (QED) is 0.164. The van der Waals surface area contributed by atoms with E-state index in [1.165, 1.54) is 55.0 Å². The van der Waals surface area contributed by atoms with Crippen LogP contribution in [-0.2, 0) is 0 Å². The number of hydrogen-bond acceptors (Lipinski definition) is 1. The first-order valence-corrected chi connectivity index (χ1v) is 18.1. The summed E-state index contributed by atoms with van der Waals surface area (Å²) in [6.07, 6.45) is 2.19. The van der Waals surface area contributed by atoms with Gasteiger partial charge >= 0.3 is 0 Å². The van der Waals surface area contributed by atoms with E-state index in [4.69, 9.17) is 0 Å². The van der Waals surface area contributed by atoms with Crippen LogP contribution in [-0.4, -0.2) is 9.13 Å². The van der Waals surface area contributed by atoms with Crippen LogP contribution in [0.1, 0.15) is 0 Å². The van der Waals surface area contributed by atoms with Gasteiger partial charge in [-0.1, -0.05) is 133 Å². The van der Waals surface area contributed by atoms with E-state index < -0.39 is 0 Å². The van der Waals surface area contributed by atoms with E-state index in [1.807, 2.05) is 0 Å². The van der Waals surface area contributed by atoms with Crippen LogP contribution < -0.4 is 4.90 Å². The lowest BCUT2D eigenvalue weighted by molar-refractivity contribution is 1.12. The Bertz CT molecular complexity index is 2750. The van der Waals surface area contributed by atoms with Crippen LogP contribution >= 0.6 is 0 Å². The zero-order valence-electron chi connectivity index (χ0n) is 29.0. The van der Waals surface area contributed by atoms with Gasteiger partial charge in [0.1, 0.15) is 0 Å². The monoisotopic (exact) mass is 677 g/mol. The first-order valence-electron chi connectivity index (χ1n) is 18.1. The highest BCUT2D eigenvalue weighted by Gasteiger charge is 2.21. The molecule has 0 saturated carbocycles. The van der Waals surface area contributed by atoms with E-state index in [0.717, 1.165) is 28.4 Å². The summed E-state index contributed by atoms with van der Waals surface area (Å²) in [6, 6.07) is 74.1. The molecule has 0 fully saturated rings. The average molecular weight is 678 g/mol. The Hall–Kier alpha value is -7.10. The summed E-state index contributed by atoms with van der Waals surface area (Å²) in [6.45, 7) is 0. The second-order valence-electron chi connectivity index (χ2n) is 13.5. The second-order valence-corrected chi connectivity index (χ2v) is 13.5. The van der Waals surface area contributed by atoms with Gasteiger partial charge in [0.05, 0.1) is 16.6 Å². The van der Waals surface area contributed by atoms with Crippen LogP contribution in [0.3, 0.4) is 0 Å². The largest absolute Gasteiger partial charge is 0.315 e. The van der Waals surface area contributed by atoms with Crippen molar-refractivity contribution in [2.24, 2.45) is 0 Å². The lowest BCUT2D eigenvalue weighted by Gasteiger charge is -2.26. The SMILES string of the molecule is c1ccc(-c2ccc(N(c3ccc(-c4ccccc4)cc3)c3ccc4c(c3)c3ccc5ccn(-c6ccccc6)c5c3n4-c3ccccc3)cc2)cc1. The predicted molar refractivity (Wildman–Crippen MR) is 223 cm³/mol. The van der Waals surface area contributed by atoms with Crippen molar-refractivity contribution in [2.75, 3.05) is 4.90 Å². The van der Waals surface area contributed by atoms with Gasteiger partial charge in [0, 0.05) is 50.8 Å². The van der Waals surface area contributed by atoms with E-state index in [-0.39, 0.29) is 0 Å². The summed E-state index contributed by atoms with van der Waals surface area (Å²) < 4.78 is 4.76. The van der Waals surface area contributed by atoms with Gasteiger partial charge in [-0.05, 0) is 95.1 Å². The molecule has 0 bridgehead atoms. The number of rotatable bonds is 7. The molecule has 0 aliphatic heterocycles.